The van der Waals surface area contributed by atoms with Crippen LogP contribution >= 0.6 is 15.9 Å². The predicted molar refractivity (Wildman–Crippen MR) is 89.2 cm³/mol. The van der Waals surface area contributed by atoms with Gasteiger partial charge in [0, 0.05) is 31.8 Å². The standard InChI is InChI=1S/C16H20BrNO4/c1-4-22-8-7-18-14-10-12(17)6-5-11(14)9-13(15(18)19)16(20-2)21-3/h5-6,9-10,16H,4,7-8H2,1-3H3. The van der Waals surface area contributed by atoms with E-state index in [1.807, 2.05) is 31.2 Å². The summed E-state index contributed by atoms with van der Waals surface area (Å²) in [5, 5.41) is 0.952. The van der Waals surface area contributed by atoms with E-state index in [4.69, 9.17) is 14.2 Å². The average Bonchev–Trinajstić information content (AvgIpc) is 2.52. The maximum atomic E-state index is 12.8. The fourth-order valence-corrected chi connectivity index (χ4v) is 2.76. The largest absolute Gasteiger partial charge is 0.380 e. The molecule has 0 bridgehead atoms. The molecule has 5 nitrogen and oxygen atoms in total. The Kier molecular flexibility index (Phi) is 6.14. The van der Waals surface area contributed by atoms with E-state index in [0.717, 1.165) is 15.4 Å². The molecule has 0 radical (unpaired) electrons. The van der Waals surface area contributed by atoms with Gasteiger partial charge in [0.25, 0.3) is 5.56 Å². The molecule has 0 aliphatic carbocycles. The Morgan fingerprint density at radius 3 is 2.59 bits per heavy atom. The zero-order valence-electron chi connectivity index (χ0n) is 13.0. The SMILES string of the molecule is CCOCCn1c(=O)c(C(OC)OC)cc2ccc(Br)cc21. The molecule has 0 fully saturated rings. The quantitative estimate of drug-likeness (QED) is 0.555. The van der Waals surface area contributed by atoms with Crippen LogP contribution in [0, 0.1) is 0 Å². The maximum absolute atomic E-state index is 12.8. The third-order valence-electron chi connectivity index (χ3n) is 3.43. The molecule has 1 heterocycles. The van der Waals surface area contributed by atoms with E-state index in [9.17, 15) is 4.79 Å². The number of fused-ring (bicyclic) bond motifs is 1. The Bertz CT molecular complexity index is 694. The van der Waals surface area contributed by atoms with Crippen molar-refractivity contribution in [3.8, 4) is 0 Å². The maximum Gasteiger partial charge on any atom is 0.259 e. The second kappa shape index (κ2) is 7.87. The minimum Gasteiger partial charge on any atom is -0.380 e. The first kappa shape index (κ1) is 17.1. The van der Waals surface area contributed by atoms with Crippen LogP contribution in [-0.2, 0) is 20.8 Å². The van der Waals surface area contributed by atoms with Crippen molar-refractivity contribution < 1.29 is 14.2 Å². The number of hydrogen-bond donors (Lipinski definition) is 0. The van der Waals surface area contributed by atoms with Gasteiger partial charge in [-0.2, -0.15) is 0 Å². The minimum atomic E-state index is -0.682. The molecule has 0 amide bonds. The lowest BCUT2D eigenvalue weighted by molar-refractivity contribution is -0.106. The summed E-state index contributed by atoms with van der Waals surface area (Å²) in [6.45, 7) is 3.51. The van der Waals surface area contributed by atoms with Crippen LogP contribution in [0.3, 0.4) is 0 Å². The molecule has 0 saturated carbocycles. The van der Waals surface area contributed by atoms with Crippen LogP contribution in [0.1, 0.15) is 18.8 Å². The van der Waals surface area contributed by atoms with Gasteiger partial charge in [-0.3, -0.25) is 4.79 Å². The molecule has 0 aliphatic rings. The van der Waals surface area contributed by atoms with E-state index in [1.165, 1.54) is 14.2 Å². The molecule has 0 aliphatic heterocycles. The number of benzene rings is 1. The van der Waals surface area contributed by atoms with Crippen LogP contribution in [0.5, 0.6) is 0 Å². The molecule has 6 heteroatoms. The van der Waals surface area contributed by atoms with E-state index < -0.39 is 6.29 Å². The number of methoxy groups -OCH3 is 2. The first-order chi connectivity index (χ1) is 10.6. The predicted octanol–water partition coefficient (Wildman–Crippen LogP) is 3.09. The Hall–Kier alpha value is -1.21. The number of aromatic nitrogens is 1. The third kappa shape index (κ3) is 3.57. The van der Waals surface area contributed by atoms with Crippen LogP contribution in [0.2, 0.25) is 0 Å². The summed E-state index contributed by atoms with van der Waals surface area (Å²) in [5.41, 5.74) is 1.21. The number of ether oxygens (including phenoxy) is 3. The van der Waals surface area contributed by atoms with Gasteiger partial charge < -0.3 is 18.8 Å². The molecule has 0 saturated heterocycles. The lowest BCUT2D eigenvalue weighted by Crippen LogP contribution is -2.28. The number of pyridine rings is 1. The average molecular weight is 370 g/mol. The van der Waals surface area contributed by atoms with E-state index in [1.54, 1.807) is 4.57 Å². The molecule has 0 unspecified atom stereocenters. The van der Waals surface area contributed by atoms with Crippen molar-refractivity contribution >= 4 is 26.8 Å². The summed E-state index contributed by atoms with van der Waals surface area (Å²) < 4.78 is 18.5. The number of nitrogens with zero attached hydrogens (tertiary/aromatic N) is 1. The molecule has 1 aromatic heterocycles. The highest BCUT2D eigenvalue weighted by molar-refractivity contribution is 9.10. The first-order valence-corrected chi connectivity index (χ1v) is 7.88. The molecule has 2 aromatic rings. The van der Waals surface area contributed by atoms with Crippen molar-refractivity contribution in [1.82, 2.24) is 4.57 Å². The third-order valence-corrected chi connectivity index (χ3v) is 3.93. The van der Waals surface area contributed by atoms with Gasteiger partial charge in [0.1, 0.15) is 0 Å². The van der Waals surface area contributed by atoms with E-state index >= 15 is 0 Å². The molecular formula is C16H20BrNO4. The molecule has 2 rings (SSSR count). The van der Waals surface area contributed by atoms with Crippen LogP contribution in [0.4, 0.5) is 0 Å². The molecule has 1 aromatic carbocycles. The lowest BCUT2D eigenvalue weighted by Gasteiger charge is -2.17. The monoisotopic (exact) mass is 369 g/mol. The zero-order valence-corrected chi connectivity index (χ0v) is 14.6. The van der Waals surface area contributed by atoms with Crippen molar-refractivity contribution in [2.75, 3.05) is 27.4 Å². The Balaban J connectivity index is 2.61. The van der Waals surface area contributed by atoms with Crippen molar-refractivity contribution in [1.29, 1.82) is 0 Å². The van der Waals surface area contributed by atoms with Gasteiger partial charge in [0.15, 0.2) is 6.29 Å². The topological polar surface area (TPSA) is 49.7 Å². The molecule has 0 atom stereocenters. The van der Waals surface area contributed by atoms with Crippen molar-refractivity contribution in [2.45, 2.75) is 19.8 Å². The van der Waals surface area contributed by atoms with Crippen LogP contribution < -0.4 is 5.56 Å². The summed E-state index contributed by atoms with van der Waals surface area (Å²) in [5.74, 6) is 0. The van der Waals surface area contributed by atoms with Gasteiger partial charge in [0.2, 0.25) is 0 Å². The minimum absolute atomic E-state index is 0.126. The normalized spacial score (nSPS) is 11.5. The highest BCUT2D eigenvalue weighted by atomic mass is 79.9. The van der Waals surface area contributed by atoms with Crippen molar-refractivity contribution in [3.63, 3.8) is 0 Å². The molecule has 22 heavy (non-hydrogen) atoms. The fourth-order valence-electron chi connectivity index (χ4n) is 2.41. The van der Waals surface area contributed by atoms with Gasteiger partial charge in [-0.25, -0.2) is 0 Å². The summed E-state index contributed by atoms with van der Waals surface area (Å²) in [4.78, 5) is 12.8. The van der Waals surface area contributed by atoms with Gasteiger partial charge in [-0.15, -0.1) is 0 Å². The molecular weight excluding hydrogens is 350 g/mol. The second-order valence-corrected chi connectivity index (χ2v) is 5.68. The highest BCUT2D eigenvalue weighted by Gasteiger charge is 2.17. The van der Waals surface area contributed by atoms with Gasteiger partial charge in [-0.1, -0.05) is 22.0 Å². The zero-order chi connectivity index (χ0) is 16.1. The highest BCUT2D eigenvalue weighted by Crippen LogP contribution is 2.23. The van der Waals surface area contributed by atoms with E-state index in [-0.39, 0.29) is 5.56 Å². The summed E-state index contributed by atoms with van der Waals surface area (Å²) in [7, 11) is 3.04. The van der Waals surface area contributed by atoms with E-state index in [0.29, 0.717) is 25.3 Å². The van der Waals surface area contributed by atoms with Gasteiger partial charge in [0.05, 0.1) is 17.7 Å². The molecule has 0 N–H and O–H groups in total. The first-order valence-electron chi connectivity index (χ1n) is 7.08. The van der Waals surface area contributed by atoms with Crippen molar-refractivity contribution in [2.24, 2.45) is 0 Å². The van der Waals surface area contributed by atoms with Crippen LogP contribution in [0.25, 0.3) is 10.9 Å². The Morgan fingerprint density at radius 2 is 1.95 bits per heavy atom. The van der Waals surface area contributed by atoms with Crippen LogP contribution in [0.15, 0.2) is 33.5 Å². The second-order valence-electron chi connectivity index (χ2n) is 4.76. The summed E-state index contributed by atoms with van der Waals surface area (Å²) in [6, 6.07) is 7.65. The van der Waals surface area contributed by atoms with Gasteiger partial charge in [-0.05, 0) is 30.5 Å². The summed E-state index contributed by atoms with van der Waals surface area (Å²) >= 11 is 3.45. The van der Waals surface area contributed by atoms with Gasteiger partial charge >= 0.3 is 0 Å². The lowest BCUT2D eigenvalue weighted by atomic mass is 10.1. The van der Waals surface area contributed by atoms with Crippen molar-refractivity contribution in [3.05, 3.63) is 44.7 Å². The van der Waals surface area contributed by atoms with Crippen LogP contribution in [-0.4, -0.2) is 32.0 Å². The molecule has 0 spiro atoms. The number of rotatable bonds is 7. The summed E-state index contributed by atoms with van der Waals surface area (Å²) in [6.07, 6.45) is -0.682. The Labute approximate surface area is 137 Å². The van der Waals surface area contributed by atoms with E-state index in [2.05, 4.69) is 15.9 Å². The molecule has 120 valence electrons. The number of halogens is 1. The fraction of sp³-hybridized carbons (Fsp3) is 0.438. The Morgan fingerprint density at radius 1 is 1.23 bits per heavy atom. The number of hydrogen-bond acceptors (Lipinski definition) is 4. The smallest absolute Gasteiger partial charge is 0.259 e.